The average Bonchev–Trinajstić information content (AvgIpc) is 3.19. The molecule has 2 heterocycles. The smallest absolute Gasteiger partial charge is 0.296 e. The Kier molecular flexibility index (Phi) is 4.82. The van der Waals surface area contributed by atoms with Gasteiger partial charge < -0.3 is 0 Å². The minimum absolute atomic E-state index is 0.0381. The number of alkyl halides is 3. The second-order valence-electron chi connectivity index (χ2n) is 7.66. The molecule has 1 amide bonds. The van der Waals surface area contributed by atoms with E-state index in [-0.39, 0.29) is 17.6 Å². The predicted octanol–water partition coefficient (Wildman–Crippen LogP) is 5.08. The first-order chi connectivity index (χ1) is 12.9. The topological polar surface area (TPSA) is 59.8 Å². The van der Waals surface area contributed by atoms with Crippen LogP contribution in [0.25, 0.3) is 11.2 Å². The van der Waals surface area contributed by atoms with Gasteiger partial charge in [-0.25, -0.2) is 9.97 Å². The number of aromatic nitrogens is 3. The number of hydrogen-bond acceptors (Lipinski definition) is 3. The lowest BCUT2D eigenvalue weighted by Crippen LogP contribution is -2.22. The first-order valence-electron chi connectivity index (χ1n) is 9.68. The molecule has 0 aliphatic heterocycles. The number of nitrogens with zero attached hydrogens (tertiary/aromatic N) is 3. The van der Waals surface area contributed by atoms with Crippen molar-refractivity contribution in [2.75, 3.05) is 5.32 Å². The zero-order valence-electron chi connectivity index (χ0n) is 15.1. The standard InChI is InChI=1S/C19H23F3N4O/c20-19(21,22)15-10-9-14-17(24-15)26(13-6-3-7-13)18(23-14)25-16(27)11-8-12-4-1-2-5-12/h9-10,12-13H,1-8,11H2,(H,23,25,27). The molecule has 0 atom stereocenters. The summed E-state index contributed by atoms with van der Waals surface area (Å²) in [7, 11) is 0. The van der Waals surface area contributed by atoms with Crippen LogP contribution in [0.3, 0.4) is 0 Å². The molecule has 2 aliphatic carbocycles. The van der Waals surface area contributed by atoms with E-state index in [9.17, 15) is 18.0 Å². The molecule has 4 rings (SSSR count). The molecular weight excluding hydrogens is 357 g/mol. The molecule has 0 aromatic carbocycles. The maximum Gasteiger partial charge on any atom is 0.433 e. The van der Waals surface area contributed by atoms with E-state index in [0.29, 0.717) is 23.8 Å². The summed E-state index contributed by atoms with van der Waals surface area (Å²) in [5, 5.41) is 2.82. The Morgan fingerprint density at radius 3 is 2.48 bits per heavy atom. The molecule has 2 aromatic heterocycles. The van der Waals surface area contributed by atoms with Gasteiger partial charge in [-0.3, -0.25) is 14.7 Å². The van der Waals surface area contributed by atoms with E-state index in [1.165, 1.54) is 31.7 Å². The number of imidazole rings is 1. The molecule has 0 spiro atoms. The quantitative estimate of drug-likeness (QED) is 0.786. The van der Waals surface area contributed by atoms with Crippen molar-refractivity contribution in [2.45, 2.75) is 70.0 Å². The SMILES string of the molecule is O=C(CCC1CCCC1)Nc1nc2ccc(C(F)(F)F)nc2n1C1CCC1. The first kappa shape index (κ1) is 18.3. The molecular formula is C19H23F3N4O. The number of nitrogens with one attached hydrogen (secondary N) is 1. The summed E-state index contributed by atoms with van der Waals surface area (Å²) >= 11 is 0. The van der Waals surface area contributed by atoms with Gasteiger partial charge in [-0.05, 0) is 43.7 Å². The van der Waals surface area contributed by atoms with Crippen molar-refractivity contribution in [3.8, 4) is 0 Å². The van der Waals surface area contributed by atoms with Crippen LogP contribution in [0, 0.1) is 5.92 Å². The van der Waals surface area contributed by atoms with Gasteiger partial charge in [-0.2, -0.15) is 13.2 Å². The summed E-state index contributed by atoms with van der Waals surface area (Å²) < 4.78 is 40.8. The van der Waals surface area contributed by atoms with Gasteiger partial charge in [0, 0.05) is 12.5 Å². The number of fused-ring (bicyclic) bond motifs is 1. The largest absolute Gasteiger partial charge is 0.433 e. The van der Waals surface area contributed by atoms with Crippen molar-refractivity contribution >= 4 is 23.0 Å². The highest BCUT2D eigenvalue weighted by Gasteiger charge is 2.34. The Hall–Kier alpha value is -2.12. The highest BCUT2D eigenvalue weighted by molar-refractivity contribution is 5.91. The fraction of sp³-hybridized carbons (Fsp3) is 0.632. The summed E-state index contributed by atoms with van der Waals surface area (Å²) in [5.74, 6) is 0.795. The van der Waals surface area contributed by atoms with Crippen LogP contribution in [0.1, 0.15) is 69.5 Å². The van der Waals surface area contributed by atoms with Gasteiger partial charge in [0.15, 0.2) is 5.65 Å². The van der Waals surface area contributed by atoms with Crippen LogP contribution in [-0.4, -0.2) is 20.4 Å². The summed E-state index contributed by atoms with van der Waals surface area (Å²) in [6.45, 7) is 0. The number of halogens is 3. The average molecular weight is 380 g/mol. The summed E-state index contributed by atoms with van der Waals surface area (Å²) in [6, 6.07) is 2.30. The molecule has 0 unspecified atom stereocenters. The monoisotopic (exact) mass is 380 g/mol. The predicted molar refractivity (Wildman–Crippen MR) is 95.2 cm³/mol. The number of carbonyl (C=O) groups excluding carboxylic acids is 1. The molecule has 2 fully saturated rings. The number of rotatable bonds is 5. The normalized spacial score (nSPS) is 18.8. The highest BCUT2D eigenvalue weighted by atomic mass is 19.4. The maximum absolute atomic E-state index is 13.0. The van der Waals surface area contributed by atoms with E-state index in [2.05, 4.69) is 15.3 Å². The van der Waals surface area contributed by atoms with Gasteiger partial charge in [-0.1, -0.05) is 25.7 Å². The van der Waals surface area contributed by atoms with Gasteiger partial charge in [0.1, 0.15) is 11.2 Å². The van der Waals surface area contributed by atoms with Crippen LogP contribution in [0.4, 0.5) is 19.1 Å². The fourth-order valence-electron chi connectivity index (χ4n) is 4.03. The van der Waals surface area contributed by atoms with Gasteiger partial charge in [0.25, 0.3) is 0 Å². The molecule has 2 saturated carbocycles. The molecule has 0 bridgehead atoms. The van der Waals surface area contributed by atoms with Gasteiger partial charge in [0.05, 0.1) is 0 Å². The van der Waals surface area contributed by atoms with Crippen LogP contribution in [0.5, 0.6) is 0 Å². The lowest BCUT2D eigenvalue weighted by molar-refractivity contribution is -0.141. The molecule has 0 radical (unpaired) electrons. The van der Waals surface area contributed by atoms with Crippen LogP contribution < -0.4 is 5.32 Å². The number of hydrogen-bond donors (Lipinski definition) is 1. The zero-order chi connectivity index (χ0) is 19.0. The van der Waals surface area contributed by atoms with Crippen molar-refractivity contribution in [1.82, 2.24) is 14.5 Å². The van der Waals surface area contributed by atoms with E-state index >= 15 is 0 Å². The number of pyridine rings is 1. The van der Waals surface area contributed by atoms with E-state index in [1.54, 1.807) is 4.57 Å². The molecule has 27 heavy (non-hydrogen) atoms. The second kappa shape index (κ2) is 7.13. The minimum atomic E-state index is -4.51. The molecule has 146 valence electrons. The Morgan fingerprint density at radius 1 is 1.11 bits per heavy atom. The fourth-order valence-corrected chi connectivity index (χ4v) is 4.03. The lowest BCUT2D eigenvalue weighted by Gasteiger charge is -2.28. The summed E-state index contributed by atoms with van der Waals surface area (Å²) in [4.78, 5) is 20.6. The highest BCUT2D eigenvalue weighted by Crippen LogP contribution is 2.38. The Morgan fingerprint density at radius 2 is 1.85 bits per heavy atom. The van der Waals surface area contributed by atoms with Crippen LogP contribution in [0.2, 0.25) is 0 Å². The van der Waals surface area contributed by atoms with Crippen LogP contribution in [0.15, 0.2) is 12.1 Å². The number of carbonyl (C=O) groups is 1. The van der Waals surface area contributed by atoms with Gasteiger partial charge >= 0.3 is 6.18 Å². The zero-order valence-corrected chi connectivity index (χ0v) is 15.1. The summed E-state index contributed by atoms with van der Waals surface area (Å²) in [6.07, 6.45) is 4.31. The molecule has 2 aromatic rings. The van der Waals surface area contributed by atoms with E-state index < -0.39 is 11.9 Å². The van der Waals surface area contributed by atoms with Crippen molar-refractivity contribution in [3.63, 3.8) is 0 Å². The Balaban J connectivity index is 1.58. The van der Waals surface area contributed by atoms with E-state index in [0.717, 1.165) is 31.7 Å². The molecule has 1 N–H and O–H groups in total. The van der Waals surface area contributed by atoms with Crippen molar-refractivity contribution in [1.29, 1.82) is 0 Å². The van der Waals surface area contributed by atoms with Gasteiger partial charge in [0.2, 0.25) is 11.9 Å². The molecule has 8 heteroatoms. The van der Waals surface area contributed by atoms with Crippen molar-refractivity contribution < 1.29 is 18.0 Å². The third kappa shape index (κ3) is 3.80. The van der Waals surface area contributed by atoms with Crippen molar-refractivity contribution in [3.05, 3.63) is 17.8 Å². The van der Waals surface area contributed by atoms with Gasteiger partial charge in [-0.15, -0.1) is 0 Å². The Bertz CT molecular complexity index is 835. The third-order valence-corrected chi connectivity index (χ3v) is 5.77. The third-order valence-electron chi connectivity index (χ3n) is 5.77. The first-order valence-corrected chi connectivity index (χ1v) is 9.68. The van der Waals surface area contributed by atoms with Crippen LogP contribution >= 0.6 is 0 Å². The Labute approximate surface area is 155 Å². The lowest BCUT2D eigenvalue weighted by atomic mass is 9.93. The molecule has 0 saturated heterocycles. The summed E-state index contributed by atoms with van der Waals surface area (Å²) in [5.41, 5.74) is -0.365. The molecule has 5 nitrogen and oxygen atoms in total. The number of amides is 1. The maximum atomic E-state index is 13.0. The van der Waals surface area contributed by atoms with Crippen LogP contribution in [-0.2, 0) is 11.0 Å². The van der Waals surface area contributed by atoms with Crippen molar-refractivity contribution in [2.24, 2.45) is 5.92 Å². The second-order valence-corrected chi connectivity index (χ2v) is 7.66. The van der Waals surface area contributed by atoms with E-state index in [4.69, 9.17) is 0 Å². The van der Waals surface area contributed by atoms with E-state index in [1.807, 2.05) is 0 Å². The molecule has 2 aliphatic rings. The number of anilines is 1. The minimum Gasteiger partial charge on any atom is -0.296 e.